The van der Waals surface area contributed by atoms with Crippen molar-refractivity contribution in [2.45, 2.75) is 4.90 Å². The fraction of sp³-hybridized carbons (Fsp3) is 0.308. The predicted octanol–water partition coefficient (Wildman–Crippen LogP) is -0.256. The Kier molecular flexibility index (Phi) is 8.15. The monoisotopic (exact) mass is 532 g/mol. The molecule has 15 nitrogen and oxygen atoms in total. The molecule has 178 valence electrons. The molecule has 0 aliphatic rings. The van der Waals surface area contributed by atoms with Gasteiger partial charge in [-0.25, -0.2) is 12.6 Å². The smallest absolute Gasteiger partial charge is 0.397 e. The van der Waals surface area contributed by atoms with Crippen LogP contribution in [0.4, 0.5) is 23.3 Å². The summed E-state index contributed by atoms with van der Waals surface area (Å²) in [6.07, 6.45) is 0. The lowest BCUT2D eigenvalue weighted by Gasteiger charge is -2.10. The molecule has 0 saturated heterocycles. The van der Waals surface area contributed by atoms with E-state index in [2.05, 4.69) is 29.8 Å². The van der Waals surface area contributed by atoms with Crippen molar-refractivity contribution in [3.8, 4) is 0 Å². The van der Waals surface area contributed by atoms with Crippen LogP contribution in [0.2, 0.25) is 5.28 Å². The van der Waals surface area contributed by atoms with E-state index < -0.39 is 53.4 Å². The topological polar surface area (TPSA) is 241 Å². The van der Waals surface area contributed by atoms with Gasteiger partial charge in [-0.15, -0.1) is 0 Å². The second kappa shape index (κ2) is 10.1. The Bertz CT molecular complexity index is 1300. The number of anilines is 4. The zero-order chi connectivity index (χ0) is 24.2. The van der Waals surface area contributed by atoms with E-state index in [-0.39, 0.29) is 35.1 Å². The van der Waals surface area contributed by atoms with Crippen molar-refractivity contribution in [3.05, 3.63) is 23.5 Å². The molecule has 0 spiro atoms. The number of hydrogen-bond donors (Lipinski definition) is 5. The van der Waals surface area contributed by atoms with Crippen molar-refractivity contribution in [1.82, 2.24) is 15.0 Å². The van der Waals surface area contributed by atoms with Crippen LogP contribution < -0.4 is 16.4 Å². The second-order valence-electron chi connectivity index (χ2n) is 5.93. The number of nitrogens with one attached hydrogen (secondary N) is 2. The fourth-order valence-corrected chi connectivity index (χ4v) is 4.27. The van der Waals surface area contributed by atoms with E-state index in [0.29, 0.717) is 0 Å². The average molecular weight is 533 g/mol. The Balaban J connectivity index is 2.01. The lowest BCUT2D eigenvalue weighted by Crippen LogP contribution is -2.22. The van der Waals surface area contributed by atoms with Gasteiger partial charge in [0.25, 0.3) is 10.1 Å². The normalized spacial score (nSPS) is 12.5. The fourth-order valence-electron chi connectivity index (χ4n) is 2.16. The number of benzene rings is 1. The first-order chi connectivity index (χ1) is 14.6. The standard InChI is InChI=1S/C13H17ClN6O9S3/c14-11-18-12(16-3-5-30(21,22)6-4-29-32(26,27)28)20-13(19-11)17-8-1-2-10(9(15)7-8)31(23,24)25/h1-2,7H,3-6,15H2,(H,23,24,25)(H,26,27,28)(H2,16,17,18,19,20). The highest BCUT2D eigenvalue weighted by Gasteiger charge is 2.16. The first-order valence-electron chi connectivity index (χ1n) is 8.26. The SMILES string of the molecule is Nc1cc(Nc2nc(Cl)nc(NCCS(=O)(=O)CCOS(=O)(=O)O)n2)ccc1S(=O)(=O)O. The molecular weight excluding hydrogens is 516 g/mol. The van der Waals surface area contributed by atoms with Gasteiger partial charge < -0.3 is 16.4 Å². The molecule has 0 aliphatic carbocycles. The molecule has 0 saturated carbocycles. The maximum absolute atomic E-state index is 11.9. The highest BCUT2D eigenvalue weighted by molar-refractivity contribution is 7.91. The molecule has 32 heavy (non-hydrogen) atoms. The minimum Gasteiger partial charge on any atom is -0.398 e. The molecule has 0 aliphatic heterocycles. The highest BCUT2D eigenvalue weighted by Crippen LogP contribution is 2.24. The summed E-state index contributed by atoms with van der Waals surface area (Å²) in [7, 11) is -13.0. The number of halogens is 1. The molecule has 1 aromatic heterocycles. The first kappa shape index (κ1) is 25.9. The molecule has 0 atom stereocenters. The van der Waals surface area contributed by atoms with E-state index in [0.717, 1.165) is 6.07 Å². The summed E-state index contributed by atoms with van der Waals surface area (Å²) >= 11 is 5.82. The van der Waals surface area contributed by atoms with Gasteiger partial charge in [0.05, 0.1) is 23.8 Å². The van der Waals surface area contributed by atoms with Crippen LogP contribution in [0.5, 0.6) is 0 Å². The molecule has 19 heteroatoms. The number of rotatable bonds is 11. The van der Waals surface area contributed by atoms with Crippen molar-refractivity contribution >= 4 is 65.2 Å². The summed E-state index contributed by atoms with van der Waals surface area (Å²) in [6.45, 7) is -0.920. The molecule has 0 unspecified atom stereocenters. The molecule has 1 heterocycles. The maximum atomic E-state index is 11.9. The van der Waals surface area contributed by atoms with Crippen LogP contribution in [0.25, 0.3) is 0 Å². The second-order valence-corrected chi connectivity index (χ2v) is 11.1. The number of nitrogen functional groups attached to an aromatic ring is 1. The molecule has 1 aromatic carbocycles. The summed E-state index contributed by atoms with van der Waals surface area (Å²) in [5, 5.41) is 5.05. The number of nitrogens with two attached hydrogens (primary N) is 1. The summed E-state index contributed by atoms with van der Waals surface area (Å²) in [5.74, 6) is -1.28. The molecule has 0 amide bonds. The van der Waals surface area contributed by atoms with E-state index in [4.69, 9.17) is 26.4 Å². The Morgan fingerprint density at radius 1 is 1.00 bits per heavy atom. The summed E-state index contributed by atoms with van der Waals surface area (Å²) in [6, 6.07) is 3.55. The molecule has 6 N–H and O–H groups in total. The van der Waals surface area contributed by atoms with Crippen LogP contribution in [0.15, 0.2) is 23.1 Å². The zero-order valence-electron chi connectivity index (χ0n) is 15.8. The summed E-state index contributed by atoms with van der Waals surface area (Å²) in [4.78, 5) is 11.1. The number of nitrogens with zero attached hydrogens (tertiary/aromatic N) is 3. The number of hydrogen-bond acceptors (Lipinski definition) is 13. The Labute approximate surface area is 188 Å². The van der Waals surface area contributed by atoms with Gasteiger partial charge in [-0.1, -0.05) is 0 Å². The minimum absolute atomic E-state index is 0.0871. The Morgan fingerprint density at radius 2 is 1.66 bits per heavy atom. The predicted molar refractivity (Wildman–Crippen MR) is 113 cm³/mol. The van der Waals surface area contributed by atoms with E-state index in [1.54, 1.807) is 0 Å². The van der Waals surface area contributed by atoms with Crippen molar-refractivity contribution in [3.63, 3.8) is 0 Å². The molecule has 2 rings (SSSR count). The van der Waals surface area contributed by atoms with Gasteiger partial charge in [0, 0.05) is 12.2 Å². The van der Waals surface area contributed by atoms with Gasteiger partial charge in [0.15, 0.2) is 9.84 Å². The largest absolute Gasteiger partial charge is 0.398 e. The van der Waals surface area contributed by atoms with Gasteiger partial charge in [-0.2, -0.15) is 31.8 Å². The van der Waals surface area contributed by atoms with Gasteiger partial charge in [-0.3, -0.25) is 9.11 Å². The molecule has 0 radical (unpaired) electrons. The van der Waals surface area contributed by atoms with Gasteiger partial charge >= 0.3 is 10.4 Å². The lowest BCUT2D eigenvalue weighted by atomic mass is 10.3. The van der Waals surface area contributed by atoms with Crippen LogP contribution in [0.3, 0.4) is 0 Å². The maximum Gasteiger partial charge on any atom is 0.397 e. The van der Waals surface area contributed by atoms with Crippen molar-refractivity contribution in [2.75, 3.05) is 41.0 Å². The molecule has 0 fully saturated rings. The summed E-state index contributed by atoms with van der Waals surface area (Å²) < 4.78 is 88.4. The third kappa shape index (κ3) is 8.65. The van der Waals surface area contributed by atoms with Crippen LogP contribution >= 0.6 is 11.6 Å². The number of aromatic nitrogens is 3. The number of sulfone groups is 1. The third-order valence-electron chi connectivity index (χ3n) is 3.47. The first-order valence-corrected chi connectivity index (χ1v) is 13.3. The van der Waals surface area contributed by atoms with E-state index >= 15 is 0 Å². The quantitative estimate of drug-likeness (QED) is 0.185. The van der Waals surface area contributed by atoms with Crippen LogP contribution in [0.1, 0.15) is 0 Å². The summed E-state index contributed by atoms with van der Waals surface area (Å²) in [5.41, 5.74) is 5.62. The minimum atomic E-state index is -4.74. The van der Waals surface area contributed by atoms with Crippen molar-refractivity contribution < 1.29 is 38.5 Å². The molecule has 2 aromatic rings. The van der Waals surface area contributed by atoms with Gasteiger partial charge in [0.2, 0.25) is 17.2 Å². The lowest BCUT2D eigenvalue weighted by molar-refractivity contribution is 0.284. The van der Waals surface area contributed by atoms with E-state index in [9.17, 15) is 25.3 Å². The highest BCUT2D eigenvalue weighted by atomic mass is 35.5. The third-order valence-corrected chi connectivity index (χ3v) is 6.65. The Morgan fingerprint density at radius 3 is 2.25 bits per heavy atom. The molecular formula is C13H17ClN6O9S3. The molecule has 0 bridgehead atoms. The van der Waals surface area contributed by atoms with E-state index in [1.165, 1.54) is 12.1 Å². The van der Waals surface area contributed by atoms with Gasteiger partial charge in [0.1, 0.15) is 4.90 Å². The average Bonchev–Trinajstić information content (AvgIpc) is 2.58. The van der Waals surface area contributed by atoms with E-state index in [1.807, 2.05) is 0 Å². The van der Waals surface area contributed by atoms with Crippen molar-refractivity contribution in [2.24, 2.45) is 0 Å². The van der Waals surface area contributed by atoms with Crippen LogP contribution in [-0.4, -0.2) is 74.0 Å². The van der Waals surface area contributed by atoms with Crippen LogP contribution in [-0.2, 0) is 34.5 Å². The van der Waals surface area contributed by atoms with Crippen LogP contribution in [0, 0.1) is 0 Å². The van der Waals surface area contributed by atoms with Gasteiger partial charge in [-0.05, 0) is 29.8 Å². The zero-order valence-corrected chi connectivity index (χ0v) is 19.0. The van der Waals surface area contributed by atoms with Crippen molar-refractivity contribution in [1.29, 1.82) is 0 Å². The Hall–Kier alpha value is -2.35.